The van der Waals surface area contributed by atoms with Gasteiger partial charge < -0.3 is 4.74 Å². The van der Waals surface area contributed by atoms with Crippen molar-refractivity contribution in [3.8, 4) is 5.75 Å². The molecule has 128 valence electrons. The molecular weight excluding hydrogens is 286 g/mol. The highest BCUT2D eigenvalue weighted by Gasteiger charge is 2.32. The van der Waals surface area contributed by atoms with E-state index in [1.807, 2.05) is 12.3 Å². The Kier molecular flexibility index (Phi) is 5.54. The van der Waals surface area contributed by atoms with Crippen molar-refractivity contribution in [1.29, 1.82) is 0 Å². The molecule has 1 atom stereocenters. The van der Waals surface area contributed by atoms with Gasteiger partial charge in [-0.3, -0.25) is 14.8 Å². The number of hydrogen-bond acceptors (Lipinski definition) is 4. The third-order valence-electron chi connectivity index (χ3n) is 5.20. The van der Waals surface area contributed by atoms with Crippen LogP contribution in [0.4, 0.5) is 0 Å². The fourth-order valence-electron chi connectivity index (χ4n) is 3.67. The number of rotatable bonds is 6. The first-order chi connectivity index (χ1) is 11.2. The molecule has 2 aliphatic rings. The molecule has 1 saturated carbocycles. The highest BCUT2D eigenvalue weighted by molar-refractivity contribution is 5.22. The van der Waals surface area contributed by atoms with Gasteiger partial charge in [0.25, 0.3) is 0 Å². The smallest absolute Gasteiger partial charge is 0.122 e. The summed E-state index contributed by atoms with van der Waals surface area (Å²) in [4.78, 5) is 9.87. The molecule has 0 amide bonds. The van der Waals surface area contributed by atoms with Gasteiger partial charge in [-0.15, -0.1) is 0 Å². The van der Waals surface area contributed by atoms with Crippen molar-refractivity contribution in [2.75, 3.05) is 33.3 Å². The zero-order chi connectivity index (χ0) is 16.2. The van der Waals surface area contributed by atoms with Gasteiger partial charge in [-0.05, 0) is 50.3 Å². The van der Waals surface area contributed by atoms with Crippen LogP contribution >= 0.6 is 0 Å². The minimum Gasteiger partial charge on any atom is -0.497 e. The fraction of sp³-hybridized carbons (Fsp3) is 0.737. The predicted molar refractivity (Wildman–Crippen MR) is 93.6 cm³/mol. The molecule has 4 heteroatoms. The lowest BCUT2D eigenvalue weighted by Crippen LogP contribution is -2.45. The first-order valence-corrected chi connectivity index (χ1v) is 9.11. The molecule has 0 radical (unpaired) electrons. The van der Waals surface area contributed by atoms with E-state index in [9.17, 15) is 0 Å². The van der Waals surface area contributed by atoms with E-state index in [1.54, 1.807) is 7.11 Å². The van der Waals surface area contributed by atoms with Gasteiger partial charge in [0.2, 0.25) is 0 Å². The van der Waals surface area contributed by atoms with E-state index in [0.29, 0.717) is 12.0 Å². The Hall–Kier alpha value is -1.13. The molecule has 1 aliphatic carbocycles. The number of aromatic nitrogens is 1. The first-order valence-electron chi connectivity index (χ1n) is 9.11. The van der Waals surface area contributed by atoms with E-state index in [4.69, 9.17) is 4.74 Å². The monoisotopic (exact) mass is 317 g/mol. The van der Waals surface area contributed by atoms with Gasteiger partial charge in [0.1, 0.15) is 5.75 Å². The van der Waals surface area contributed by atoms with E-state index >= 15 is 0 Å². The third kappa shape index (κ3) is 4.67. The number of hydrogen-bond donors (Lipinski definition) is 0. The van der Waals surface area contributed by atoms with Crippen LogP contribution < -0.4 is 4.74 Å². The standard InChI is InChI=1S/C19H31N3O/c1-15(2)19-14-21(9-4-10-22(19)12-16-5-6-16)13-17-11-18(23-3)7-8-20-17/h7-8,11,15-16,19H,4-6,9-10,12-14H2,1-3H3. The number of pyridine rings is 1. The van der Waals surface area contributed by atoms with Gasteiger partial charge in [0.05, 0.1) is 12.8 Å². The molecule has 3 rings (SSSR count). The van der Waals surface area contributed by atoms with Gasteiger partial charge >= 0.3 is 0 Å². The molecule has 2 fully saturated rings. The van der Waals surface area contributed by atoms with Crippen LogP contribution in [0.1, 0.15) is 38.8 Å². The second-order valence-electron chi connectivity index (χ2n) is 7.53. The largest absolute Gasteiger partial charge is 0.497 e. The van der Waals surface area contributed by atoms with E-state index in [0.717, 1.165) is 30.5 Å². The fourth-order valence-corrected chi connectivity index (χ4v) is 3.67. The van der Waals surface area contributed by atoms with Crippen molar-refractivity contribution in [1.82, 2.24) is 14.8 Å². The lowest BCUT2D eigenvalue weighted by atomic mass is 10.0. The van der Waals surface area contributed by atoms with Crippen LogP contribution in [0.2, 0.25) is 0 Å². The maximum Gasteiger partial charge on any atom is 0.122 e. The lowest BCUT2D eigenvalue weighted by Gasteiger charge is -2.34. The molecule has 23 heavy (non-hydrogen) atoms. The molecule has 1 saturated heterocycles. The Morgan fingerprint density at radius 3 is 2.83 bits per heavy atom. The Labute approximate surface area is 140 Å². The van der Waals surface area contributed by atoms with Gasteiger partial charge in [0.15, 0.2) is 0 Å². The molecule has 1 aromatic rings. The van der Waals surface area contributed by atoms with Crippen molar-refractivity contribution in [2.24, 2.45) is 11.8 Å². The van der Waals surface area contributed by atoms with Crippen LogP contribution in [0.3, 0.4) is 0 Å². The van der Waals surface area contributed by atoms with Crippen molar-refractivity contribution >= 4 is 0 Å². The van der Waals surface area contributed by atoms with Gasteiger partial charge in [0, 0.05) is 37.9 Å². The highest BCUT2D eigenvalue weighted by Crippen LogP contribution is 2.32. The van der Waals surface area contributed by atoms with Gasteiger partial charge in [-0.25, -0.2) is 0 Å². The summed E-state index contributed by atoms with van der Waals surface area (Å²) in [5.41, 5.74) is 1.11. The van der Waals surface area contributed by atoms with Crippen LogP contribution in [0.5, 0.6) is 5.75 Å². The molecule has 0 spiro atoms. The molecular formula is C19H31N3O. The van der Waals surface area contributed by atoms with Gasteiger partial charge in [-0.1, -0.05) is 13.8 Å². The Morgan fingerprint density at radius 2 is 2.13 bits per heavy atom. The minimum absolute atomic E-state index is 0.670. The summed E-state index contributed by atoms with van der Waals surface area (Å²) in [5.74, 6) is 2.58. The maximum atomic E-state index is 5.33. The minimum atomic E-state index is 0.670. The summed E-state index contributed by atoms with van der Waals surface area (Å²) >= 11 is 0. The lowest BCUT2D eigenvalue weighted by molar-refractivity contribution is 0.131. The molecule has 1 aliphatic heterocycles. The maximum absolute atomic E-state index is 5.33. The molecule has 4 nitrogen and oxygen atoms in total. The molecule has 1 unspecified atom stereocenters. The normalized spacial score (nSPS) is 23.9. The third-order valence-corrected chi connectivity index (χ3v) is 5.20. The summed E-state index contributed by atoms with van der Waals surface area (Å²) in [6, 6.07) is 4.65. The molecule has 0 bridgehead atoms. The summed E-state index contributed by atoms with van der Waals surface area (Å²) in [5, 5.41) is 0. The second kappa shape index (κ2) is 7.63. The van der Waals surface area contributed by atoms with Crippen molar-refractivity contribution in [3.63, 3.8) is 0 Å². The first kappa shape index (κ1) is 16.7. The zero-order valence-corrected chi connectivity index (χ0v) is 14.9. The van der Waals surface area contributed by atoms with Crippen molar-refractivity contribution in [2.45, 2.75) is 45.7 Å². The zero-order valence-electron chi connectivity index (χ0n) is 14.9. The highest BCUT2D eigenvalue weighted by atomic mass is 16.5. The van der Waals surface area contributed by atoms with Crippen molar-refractivity contribution < 1.29 is 4.74 Å². The Bertz CT molecular complexity index is 501. The number of nitrogens with zero attached hydrogens (tertiary/aromatic N) is 3. The summed E-state index contributed by atoms with van der Waals surface area (Å²) in [6.07, 6.45) is 6.00. The van der Waals surface area contributed by atoms with E-state index in [-0.39, 0.29) is 0 Å². The predicted octanol–water partition coefficient (Wildman–Crippen LogP) is 3.03. The SMILES string of the molecule is COc1ccnc(CN2CCCN(CC3CC3)C(C(C)C)C2)c1. The van der Waals surface area contributed by atoms with E-state index in [1.165, 1.54) is 38.9 Å². The van der Waals surface area contributed by atoms with Crippen molar-refractivity contribution in [3.05, 3.63) is 24.0 Å². The Morgan fingerprint density at radius 1 is 1.30 bits per heavy atom. The average molecular weight is 317 g/mol. The summed E-state index contributed by atoms with van der Waals surface area (Å²) < 4.78 is 5.33. The van der Waals surface area contributed by atoms with Crippen LogP contribution in [0.25, 0.3) is 0 Å². The Balaban J connectivity index is 1.65. The second-order valence-corrected chi connectivity index (χ2v) is 7.53. The molecule has 0 N–H and O–H groups in total. The molecule has 2 heterocycles. The van der Waals surface area contributed by atoms with Gasteiger partial charge in [-0.2, -0.15) is 0 Å². The molecule has 0 aromatic carbocycles. The topological polar surface area (TPSA) is 28.6 Å². The van der Waals surface area contributed by atoms with E-state index in [2.05, 4.69) is 34.7 Å². The average Bonchev–Trinajstić information content (AvgIpc) is 3.36. The van der Waals surface area contributed by atoms with Crippen LogP contribution in [0, 0.1) is 11.8 Å². The number of ether oxygens (including phenoxy) is 1. The molecule has 1 aromatic heterocycles. The quantitative estimate of drug-likeness (QED) is 0.806. The summed E-state index contributed by atoms with van der Waals surface area (Å²) in [7, 11) is 1.72. The number of methoxy groups -OCH3 is 1. The van der Waals surface area contributed by atoms with Crippen LogP contribution in [0.15, 0.2) is 18.3 Å². The summed E-state index contributed by atoms with van der Waals surface area (Å²) in [6.45, 7) is 10.6. The van der Waals surface area contributed by atoms with Crippen LogP contribution in [-0.4, -0.2) is 54.1 Å². The van der Waals surface area contributed by atoms with Crippen LogP contribution in [-0.2, 0) is 6.54 Å². The van der Waals surface area contributed by atoms with E-state index < -0.39 is 0 Å².